The number of nitrogens with two attached hydrogens (primary N) is 1. The second kappa shape index (κ2) is 5.78. The Balaban J connectivity index is 2.44. The van der Waals surface area contributed by atoms with Crippen molar-refractivity contribution in [3.8, 4) is 0 Å². The monoisotopic (exact) mass is 213 g/mol. The summed E-state index contributed by atoms with van der Waals surface area (Å²) in [6, 6.07) is 7.37. The van der Waals surface area contributed by atoms with Crippen LogP contribution in [-0.2, 0) is 16.6 Å². The smallest absolute Gasteiger partial charge is 0.0485 e. The highest BCUT2D eigenvalue weighted by atomic mass is 32.2. The van der Waals surface area contributed by atoms with Crippen molar-refractivity contribution in [3.05, 3.63) is 29.8 Å². The summed E-state index contributed by atoms with van der Waals surface area (Å²) in [4.78, 5) is 0. The first-order valence-corrected chi connectivity index (χ1v) is 6.01. The van der Waals surface area contributed by atoms with E-state index in [-0.39, 0.29) is 6.61 Å². The van der Waals surface area contributed by atoms with Gasteiger partial charge in [-0.05, 0) is 24.1 Å². The zero-order valence-corrected chi connectivity index (χ0v) is 8.80. The zero-order chi connectivity index (χ0) is 10.4. The van der Waals surface area contributed by atoms with Gasteiger partial charge in [0.1, 0.15) is 0 Å². The molecule has 14 heavy (non-hydrogen) atoms. The molecule has 4 heteroatoms. The number of hydrogen-bond acceptors (Lipinski definition) is 3. The highest BCUT2D eigenvalue weighted by Crippen LogP contribution is 2.08. The van der Waals surface area contributed by atoms with Gasteiger partial charge in [-0.15, -0.1) is 0 Å². The van der Waals surface area contributed by atoms with E-state index in [2.05, 4.69) is 0 Å². The predicted octanol–water partition coefficient (Wildman–Crippen LogP) is 0.900. The molecule has 0 aliphatic heterocycles. The molecular weight excluding hydrogens is 198 g/mol. The lowest BCUT2D eigenvalue weighted by Crippen LogP contribution is -2.02. The number of hydrogen-bond donors (Lipinski definition) is 2. The van der Waals surface area contributed by atoms with E-state index in [1.54, 1.807) is 12.1 Å². The molecule has 1 aromatic rings. The number of nitrogen functional groups attached to an aromatic ring is 1. The van der Waals surface area contributed by atoms with Crippen molar-refractivity contribution in [1.82, 2.24) is 0 Å². The van der Waals surface area contributed by atoms with Crippen LogP contribution in [-0.4, -0.2) is 21.7 Å². The SMILES string of the molecule is Nc1ccc(CS(=O)CCCO)cc1. The predicted molar refractivity (Wildman–Crippen MR) is 59.3 cm³/mol. The fourth-order valence-corrected chi connectivity index (χ4v) is 2.26. The molecule has 3 nitrogen and oxygen atoms in total. The quantitative estimate of drug-likeness (QED) is 0.714. The second-order valence-corrected chi connectivity index (χ2v) is 4.68. The van der Waals surface area contributed by atoms with E-state index in [4.69, 9.17) is 10.8 Å². The second-order valence-electron chi connectivity index (χ2n) is 3.11. The van der Waals surface area contributed by atoms with Gasteiger partial charge in [-0.1, -0.05) is 12.1 Å². The lowest BCUT2D eigenvalue weighted by molar-refractivity contribution is 0.296. The maximum atomic E-state index is 11.4. The summed E-state index contributed by atoms with van der Waals surface area (Å²) in [6.45, 7) is 0.105. The van der Waals surface area contributed by atoms with Crippen molar-refractivity contribution in [2.45, 2.75) is 12.2 Å². The van der Waals surface area contributed by atoms with E-state index in [1.165, 1.54) is 0 Å². The summed E-state index contributed by atoms with van der Waals surface area (Å²) in [7, 11) is -0.878. The average molecular weight is 213 g/mol. The summed E-state index contributed by atoms with van der Waals surface area (Å²) in [5, 5.41) is 8.57. The molecule has 0 bridgehead atoms. The fraction of sp³-hybridized carbons (Fsp3) is 0.400. The third-order valence-electron chi connectivity index (χ3n) is 1.84. The molecule has 1 unspecified atom stereocenters. The van der Waals surface area contributed by atoms with Crippen molar-refractivity contribution >= 4 is 16.5 Å². The van der Waals surface area contributed by atoms with Gasteiger partial charge in [0.25, 0.3) is 0 Å². The summed E-state index contributed by atoms with van der Waals surface area (Å²) in [5.74, 6) is 1.10. The molecule has 0 saturated heterocycles. The van der Waals surface area contributed by atoms with Crippen LogP contribution in [0.2, 0.25) is 0 Å². The van der Waals surface area contributed by atoms with Crippen molar-refractivity contribution in [1.29, 1.82) is 0 Å². The molecule has 1 atom stereocenters. The van der Waals surface area contributed by atoms with Crippen LogP contribution in [0.5, 0.6) is 0 Å². The van der Waals surface area contributed by atoms with Crippen LogP contribution in [0.3, 0.4) is 0 Å². The van der Waals surface area contributed by atoms with Crippen LogP contribution in [0.15, 0.2) is 24.3 Å². The molecule has 0 fully saturated rings. The molecular formula is C10H15NO2S. The number of benzene rings is 1. The molecule has 0 aromatic heterocycles. The Morgan fingerprint density at radius 3 is 2.50 bits per heavy atom. The standard InChI is InChI=1S/C10H15NO2S/c11-10-4-2-9(3-5-10)8-14(13)7-1-6-12/h2-5,12H,1,6-8,11H2. The minimum Gasteiger partial charge on any atom is -0.399 e. The van der Waals surface area contributed by atoms with Gasteiger partial charge in [-0.3, -0.25) is 4.21 Å². The molecule has 1 aromatic carbocycles. The van der Waals surface area contributed by atoms with E-state index < -0.39 is 10.8 Å². The Labute approximate surface area is 86.4 Å². The van der Waals surface area contributed by atoms with Gasteiger partial charge in [0.05, 0.1) is 0 Å². The molecule has 1 rings (SSSR count). The Kier molecular flexibility index (Phi) is 4.62. The summed E-state index contributed by atoms with van der Waals surface area (Å²) in [5.41, 5.74) is 7.27. The Hall–Kier alpha value is -0.870. The Bertz CT molecular complexity index is 297. The van der Waals surface area contributed by atoms with Crippen LogP contribution >= 0.6 is 0 Å². The molecule has 0 spiro atoms. The maximum Gasteiger partial charge on any atom is 0.0485 e. The summed E-state index contributed by atoms with van der Waals surface area (Å²) < 4.78 is 11.4. The van der Waals surface area contributed by atoms with Gasteiger partial charge >= 0.3 is 0 Å². The molecule has 0 radical (unpaired) electrons. The Morgan fingerprint density at radius 2 is 1.93 bits per heavy atom. The van der Waals surface area contributed by atoms with Crippen LogP contribution in [0.4, 0.5) is 5.69 Å². The van der Waals surface area contributed by atoms with Gasteiger partial charge in [-0.2, -0.15) is 0 Å². The number of aliphatic hydroxyl groups excluding tert-OH is 1. The molecule has 0 heterocycles. The number of aliphatic hydroxyl groups is 1. The van der Waals surface area contributed by atoms with Crippen molar-refractivity contribution in [2.75, 3.05) is 18.1 Å². The number of anilines is 1. The van der Waals surface area contributed by atoms with E-state index in [9.17, 15) is 4.21 Å². The highest BCUT2D eigenvalue weighted by Gasteiger charge is 2.00. The third-order valence-corrected chi connectivity index (χ3v) is 3.24. The first-order valence-electron chi connectivity index (χ1n) is 4.52. The van der Waals surface area contributed by atoms with Crippen molar-refractivity contribution in [2.24, 2.45) is 0 Å². The minimum absolute atomic E-state index is 0.105. The first-order chi connectivity index (χ1) is 6.72. The topological polar surface area (TPSA) is 63.3 Å². The fourth-order valence-electron chi connectivity index (χ4n) is 1.10. The summed E-state index contributed by atoms with van der Waals surface area (Å²) >= 11 is 0. The first kappa shape index (κ1) is 11.2. The molecule has 0 aliphatic carbocycles. The Morgan fingerprint density at radius 1 is 1.29 bits per heavy atom. The van der Waals surface area contributed by atoms with Gasteiger partial charge in [0, 0.05) is 34.6 Å². The van der Waals surface area contributed by atoms with E-state index in [0.29, 0.717) is 17.9 Å². The number of rotatable bonds is 5. The van der Waals surface area contributed by atoms with Crippen LogP contribution in [0, 0.1) is 0 Å². The normalized spacial score (nSPS) is 12.6. The lowest BCUT2D eigenvalue weighted by Gasteiger charge is -2.01. The lowest BCUT2D eigenvalue weighted by atomic mass is 10.2. The molecule has 3 N–H and O–H groups in total. The molecule has 78 valence electrons. The molecule has 0 saturated carbocycles. The van der Waals surface area contributed by atoms with Crippen LogP contribution in [0.25, 0.3) is 0 Å². The molecule has 0 amide bonds. The van der Waals surface area contributed by atoms with Crippen LogP contribution < -0.4 is 5.73 Å². The minimum atomic E-state index is -0.878. The van der Waals surface area contributed by atoms with E-state index >= 15 is 0 Å². The van der Waals surface area contributed by atoms with Gasteiger partial charge in [0.2, 0.25) is 0 Å². The maximum absolute atomic E-state index is 11.4. The van der Waals surface area contributed by atoms with Gasteiger partial charge in [0.15, 0.2) is 0 Å². The zero-order valence-electron chi connectivity index (χ0n) is 7.98. The van der Waals surface area contributed by atoms with Crippen molar-refractivity contribution < 1.29 is 9.32 Å². The third kappa shape index (κ3) is 3.89. The van der Waals surface area contributed by atoms with E-state index in [0.717, 1.165) is 11.3 Å². The highest BCUT2D eigenvalue weighted by molar-refractivity contribution is 7.84. The van der Waals surface area contributed by atoms with Crippen molar-refractivity contribution in [3.63, 3.8) is 0 Å². The van der Waals surface area contributed by atoms with E-state index in [1.807, 2.05) is 12.1 Å². The summed E-state index contributed by atoms with van der Waals surface area (Å²) in [6.07, 6.45) is 0.599. The van der Waals surface area contributed by atoms with Gasteiger partial charge in [-0.25, -0.2) is 0 Å². The average Bonchev–Trinajstić information content (AvgIpc) is 2.18. The van der Waals surface area contributed by atoms with Crippen LogP contribution in [0.1, 0.15) is 12.0 Å². The molecule has 0 aliphatic rings. The largest absolute Gasteiger partial charge is 0.399 e. The van der Waals surface area contributed by atoms with Gasteiger partial charge < -0.3 is 10.8 Å².